The summed E-state index contributed by atoms with van der Waals surface area (Å²) in [6, 6.07) is -0.411. The van der Waals surface area contributed by atoms with Gasteiger partial charge in [-0.05, 0) is 25.7 Å². The Morgan fingerprint density at radius 2 is 2.12 bits per heavy atom. The Labute approximate surface area is 96.6 Å². The molecule has 3 amide bonds. The molecule has 1 rings (SSSR count). The standard InChI is InChI=1S/C11H21N3O2/c1-3-7-13-11(16)14-8-5-4-6-9(14)10(15)12-2/h9H,3-8H2,1-2H3,(H,12,15)(H,13,16). The number of likely N-dealkylation sites (tertiary alicyclic amines) is 1. The van der Waals surface area contributed by atoms with Crippen molar-refractivity contribution in [3.05, 3.63) is 0 Å². The highest BCUT2D eigenvalue weighted by molar-refractivity contribution is 5.87. The maximum atomic E-state index is 11.8. The van der Waals surface area contributed by atoms with Gasteiger partial charge in [-0.2, -0.15) is 0 Å². The van der Waals surface area contributed by atoms with Crippen LogP contribution in [-0.4, -0.2) is 43.0 Å². The second-order valence-corrected chi connectivity index (χ2v) is 4.05. The van der Waals surface area contributed by atoms with E-state index in [-0.39, 0.29) is 18.0 Å². The zero-order chi connectivity index (χ0) is 12.0. The van der Waals surface area contributed by atoms with Crippen LogP contribution in [0.15, 0.2) is 0 Å². The molecule has 0 aromatic rings. The predicted octanol–water partition coefficient (Wildman–Crippen LogP) is 0.706. The minimum Gasteiger partial charge on any atom is -0.357 e. The van der Waals surface area contributed by atoms with Gasteiger partial charge in [0.15, 0.2) is 0 Å². The third kappa shape index (κ3) is 3.12. The predicted molar refractivity (Wildman–Crippen MR) is 62.1 cm³/mol. The van der Waals surface area contributed by atoms with E-state index < -0.39 is 0 Å². The zero-order valence-corrected chi connectivity index (χ0v) is 10.1. The van der Waals surface area contributed by atoms with Crippen molar-refractivity contribution >= 4 is 11.9 Å². The van der Waals surface area contributed by atoms with Gasteiger partial charge in [-0.25, -0.2) is 4.79 Å². The summed E-state index contributed by atoms with van der Waals surface area (Å²) in [5.41, 5.74) is 0. The van der Waals surface area contributed by atoms with Crippen molar-refractivity contribution in [2.75, 3.05) is 20.1 Å². The number of piperidine rings is 1. The van der Waals surface area contributed by atoms with E-state index in [1.54, 1.807) is 11.9 Å². The number of hydrogen-bond acceptors (Lipinski definition) is 2. The van der Waals surface area contributed by atoms with E-state index in [4.69, 9.17) is 0 Å². The van der Waals surface area contributed by atoms with Gasteiger partial charge in [0.25, 0.3) is 0 Å². The average Bonchev–Trinajstić information content (AvgIpc) is 2.35. The third-order valence-corrected chi connectivity index (χ3v) is 2.84. The van der Waals surface area contributed by atoms with Crippen LogP contribution < -0.4 is 10.6 Å². The van der Waals surface area contributed by atoms with Crippen LogP contribution in [0.2, 0.25) is 0 Å². The number of nitrogens with zero attached hydrogens (tertiary/aromatic N) is 1. The fourth-order valence-corrected chi connectivity index (χ4v) is 1.95. The van der Waals surface area contributed by atoms with Gasteiger partial charge in [-0.1, -0.05) is 6.92 Å². The van der Waals surface area contributed by atoms with Crippen molar-refractivity contribution in [1.29, 1.82) is 0 Å². The largest absolute Gasteiger partial charge is 0.357 e. The molecule has 1 saturated heterocycles. The molecule has 5 nitrogen and oxygen atoms in total. The summed E-state index contributed by atoms with van der Waals surface area (Å²) in [5, 5.41) is 5.43. The van der Waals surface area contributed by atoms with Gasteiger partial charge in [0.1, 0.15) is 6.04 Å². The highest BCUT2D eigenvalue weighted by Gasteiger charge is 2.31. The van der Waals surface area contributed by atoms with E-state index in [2.05, 4.69) is 10.6 Å². The Bertz CT molecular complexity index is 256. The number of urea groups is 1. The third-order valence-electron chi connectivity index (χ3n) is 2.84. The van der Waals surface area contributed by atoms with Crippen molar-refractivity contribution in [1.82, 2.24) is 15.5 Å². The Kier molecular flexibility index (Phi) is 5.08. The summed E-state index contributed by atoms with van der Waals surface area (Å²) < 4.78 is 0. The molecule has 0 spiro atoms. The topological polar surface area (TPSA) is 61.4 Å². The second-order valence-electron chi connectivity index (χ2n) is 4.05. The smallest absolute Gasteiger partial charge is 0.318 e. The van der Waals surface area contributed by atoms with Crippen molar-refractivity contribution in [2.24, 2.45) is 0 Å². The van der Waals surface area contributed by atoms with Gasteiger partial charge in [-0.15, -0.1) is 0 Å². The Hall–Kier alpha value is -1.26. The summed E-state index contributed by atoms with van der Waals surface area (Å²) in [6.45, 7) is 3.34. The molecule has 1 heterocycles. The maximum Gasteiger partial charge on any atom is 0.318 e. The summed E-state index contributed by atoms with van der Waals surface area (Å²) in [4.78, 5) is 25.1. The van der Waals surface area contributed by atoms with Crippen LogP contribution in [0, 0.1) is 0 Å². The lowest BCUT2D eigenvalue weighted by atomic mass is 10.0. The van der Waals surface area contributed by atoms with Crippen molar-refractivity contribution in [2.45, 2.75) is 38.6 Å². The molecule has 1 atom stereocenters. The number of rotatable bonds is 3. The lowest BCUT2D eigenvalue weighted by molar-refractivity contribution is -0.125. The molecule has 0 aromatic carbocycles. The van der Waals surface area contributed by atoms with Gasteiger partial charge in [0, 0.05) is 20.1 Å². The molecule has 0 saturated carbocycles. The molecule has 1 unspecified atom stereocenters. The molecule has 16 heavy (non-hydrogen) atoms. The van der Waals surface area contributed by atoms with Crippen LogP contribution in [0.4, 0.5) is 4.79 Å². The summed E-state index contributed by atoms with van der Waals surface area (Å²) in [5.74, 6) is -0.0636. The first-order valence-electron chi connectivity index (χ1n) is 5.96. The highest BCUT2D eigenvalue weighted by Crippen LogP contribution is 2.17. The van der Waals surface area contributed by atoms with E-state index in [0.717, 1.165) is 25.7 Å². The molecule has 2 N–H and O–H groups in total. The van der Waals surface area contributed by atoms with Gasteiger partial charge < -0.3 is 15.5 Å². The first-order chi connectivity index (χ1) is 7.70. The summed E-state index contributed by atoms with van der Waals surface area (Å²) in [6.07, 6.45) is 3.66. The van der Waals surface area contributed by atoms with E-state index in [9.17, 15) is 9.59 Å². The monoisotopic (exact) mass is 227 g/mol. The Balaban J connectivity index is 2.59. The lowest BCUT2D eigenvalue weighted by Gasteiger charge is -2.34. The van der Waals surface area contributed by atoms with E-state index in [1.807, 2.05) is 6.92 Å². The first kappa shape index (κ1) is 12.8. The van der Waals surface area contributed by atoms with E-state index in [1.165, 1.54) is 0 Å². The quantitative estimate of drug-likeness (QED) is 0.746. The molecular weight excluding hydrogens is 206 g/mol. The summed E-state index contributed by atoms with van der Waals surface area (Å²) >= 11 is 0. The van der Waals surface area contributed by atoms with Crippen LogP contribution in [-0.2, 0) is 4.79 Å². The van der Waals surface area contributed by atoms with Crippen molar-refractivity contribution in [3.8, 4) is 0 Å². The fourth-order valence-electron chi connectivity index (χ4n) is 1.95. The second kappa shape index (κ2) is 6.35. The van der Waals surface area contributed by atoms with Crippen molar-refractivity contribution in [3.63, 3.8) is 0 Å². The van der Waals surface area contributed by atoms with Gasteiger partial charge >= 0.3 is 6.03 Å². The number of carbonyl (C=O) groups is 2. The van der Waals surface area contributed by atoms with Gasteiger partial charge in [-0.3, -0.25) is 4.79 Å². The van der Waals surface area contributed by atoms with E-state index in [0.29, 0.717) is 13.1 Å². The highest BCUT2D eigenvalue weighted by atomic mass is 16.2. The maximum absolute atomic E-state index is 11.8. The van der Waals surface area contributed by atoms with Crippen LogP contribution in [0.1, 0.15) is 32.6 Å². The molecule has 1 aliphatic heterocycles. The molecule has 92 valence electrons. The lowest BCUT2D eigenvalue weighted by Crippen LogP contribution is -2.54. The molecule has 0 aromatic heterocycles. The average molecular weight is 227 g/mol. The van der Waals surface area contributed by atoms with Crippen LogP contribution in [0.25, 0.3) is 0 Å². The number of hydrogen-bond donors (Lipinski definition) is 2. The normalized spacial score (nSPS) is 20.4. The minimum atomic E-state index is -0.296. The fraction of sp³-hybridized carbons (Fsp3) is 0.818. The Morgan fingerprint density at radius 3 is 2.75 bits per heavy atom. The molecule has 0 aliphatic carbocycles. The van der Waals surface area contributed by atoms with Gasteiger partial charge in [0.2, 0.25) is 5.91 Å². The van der Waals surface area contributed by atoms with Crippen LogP contribution in [0.3, 0.4) is 0 Å². The molecule has 1 aliphatic rings. The molecular formula is C11H21N3O2. The Morgan fingerprint density at radius 1 is 1.38 bits per heavy atom. The van der Waals surface area contributed by atoms with Crippen molar-refractivity contribution < 1.29 is 9.59 Å². The summed E-state index contributed by atoms with van der Waals surface area (Å²) in [7, 11) is 1.61. The molecule has 0 radical (unpaired) electrons. The van der Waals surface area contributed by atoms with E-state index >= 15 is 0 Å². The zero-order valence-electron chi connectivity index (χ0n) is 10.1. The minimum absolute atomic E-state index is 0.0636. The number of carbonyl (C=O) groups excluding carboxylic acids is 2. The molecule has 5 heteroatoms. The SMILES string of the molecule is CCCNC(=O)N1CCCCC1C(=O)NC. The van der Waals surface area contributed by atoms with Crippen LogP contribution in [0.5, 0.6) is 0 Å². The molecule has 0 bridgehead atoms. The van der Waals surface area contributed by atoms with Crippen LogP contribution >= 0.6 is 0 Å². The number of nitrogens with one attached hydrogen (secondary N) is 2. The number of likely N-dealkylation sites (N-methyl/N-ethyl adjacent to an activating group) is 1. The van der Waals surface area contributed by atoms with Gasteiger partial charge in [0.05, 0.1) is 0 Å². The molecule has 1 fully saturated rings. The number of amides is 3. The first-order valence-corrected chi connectivity index (χ1v) is 5.96.